The summed E-state index contributed by atoms with van der Waals surface area (Å²) in [6, 6.07) is 9.78. The third-order valence-corrected chi connectivity index (χ3v) is 4.66. The topological polar surface area (TPSA) is 57.4 Å². The third kappa shape index (κ3) is 4.05. The highest BCUT2D eigenvalue weighted by atomic mass is 32.2. The second kappa shape index (κ2) is 7.52. The Morgan fingerprint density at radius 3 is 2.91 bits per heavy atom. The maximum absolute atomic E-state index is 5.75. The van der Waals surface area contributed by atoms with Crippen molar-refractivity contribution in [2.45, 2.75) is 12.1 Å². The fraction of sp³-hybridized carbons (Fsp3) is 0.250. The smallest absolute Gasteiger partial charge is 0.277 e. The van der Waals surface area contributed by atoms with Gasteiger partial charge in [-0.15, -0.1) is 21.5 Å². The summed E-state index contributed by atoms with van der Waals surface area (Å²) >= 11 is 3.05. The first-order valence-corrected chi connectivity index (χ1v) is 8.90. The molecule has 23 heavy (non-hydrogen) atoms. The molecule has 0 fully saturated rings. The molecule has 0 spiro atoms. The largest absolute Gasteiger partial charge is 0.493 e. The van der Waals surface area contributed by atoms with Crippen LogP contribution >= 0.6 is 23.1 Å². The molecule has 2 heterocycles. The first-order chi connectivity index (χ1) is 11.3. The van der Waals surface area contributed by atoms with Gasteiger partial charge in [-0.3, -0.25) is 0 Å². The molecule has 3 rings (SSSR count). The van der Waals surface area contributed by atoms with Gasteiger partial charge in [-0.1, -0.05) is 23.9 Å². The molecule has 0 saturated heterocycles. The zero-order valence-corrected chi connectivity index (χ0v) is 14.4. The Morgan fingerprint density at radius 2 is 2.13 bits per heavy atom. The van der Waals surface area contributed by atoms with Gasteiger partial charge in [-0.25, -0.2) is 0 Å². The molecule has 2 aromatic heterocycles. The molecule has 1 aromatic carbocycles. The molecule has 5 nitrogen and oxygen atoms in total. The van der Waals surface area contributed by atoms with Crippen molar-refractivity contribution in [3.63, 3.8) is 0 Å². The van der Waals surface area contributed by atoms with E-state index in [9.17, 15) is 0 Å². The summed E-state index contributed by atoms with van der Waals surface area (Å²) in [5.41, 5.74) is 1.13. The number of thiophene rings is 1. The third-order valence-electron chi connectivity index (χ3n) is 3.02. The van der Waals surface area contributed by atoms with Gasteiger partial charge in [0, 0.05) is 5.75 Å². The highest BCUT2D eigenvalue weighted by Gasteiger charge is 2.10. The molecule has 0 radical (unpaired) electrons. The monoisotopic (exact) mass is 348 g/mol. The van der Waals surface area contributed by atoms with Crippen LogP contribution in [0.5, 0.6) is 11.5 Å². The number of benzene rings is 1. The molecular formula is C16H16N2O3S2. The molecule has 0 N–H and O–H groups in total. The summed E-state index contributed by atoms with van der Waals surface area (Å²) in [6.45, 7) is 2.55. The molecular weight excluding hydrogens is 332 g/mol. The molecule has 0 bridgehead atoms. The minimum Gasteiger partial charge on any atom is -0.493 e. The van der Waals surface area contributed by atoms with E-state index >= 15 is 0 Å². The van der Waals surface area contributed by atoms with Crippen molar-refractivity contribution in [3.8, 4) is 22.3 Å². The van der Waals surface area contributed by atoms with Crippen molar-refractivity contribution < 1.29 is 13.9 Å². The first-order valence-electron chi connectivity index (χ1n) is 7.04. The van der Waals surface area contributed by atoms with E-state index in [1.54, 1.807) is 18.4 Å². The molecule has 0 unspecified atom stereocenters. The SMILES string of the molecule is COc1cc(C)ccc1OCCSc1nnc(-c2cccs2)o1. The maximum atomic E-state index is 5.75. The molecule has 0 atom stereocenters. The normalized spacial score (nSPS) is 10.7. The van der Waals surface area contributed by atoms with Gasteiger partial charge < -0.3 is 13.9 Å². The van der Waals surface area contributed by atoms with Gasteiger partial charge in [0.15, 0.2) is 11.5 Å². The lowest BCUT2D eigenvalue weighted by atomic mass is 10.2. The molecule has 7 heteroatoms. The highest BCUT2D eigenvalue weighted by molar-refractivity contribution is 7.99. The van der Waals surface area contributed by atoms with Crippen molar-refractivity contribution in [2.24, 2.45) is 0 Å². The molecule has 120 valence electrons. The van der Waals surface area contributed by atoms with Gasteiger partial charge in [0.2, 0.25) is 0 Å². The molecule has 0 aliphatic heterocycles. The van der Waals surface area contributed by atoms with Crippen LogP contribution in [0.1, 0.15) is 5.56 Å². The number of aromatic nitrogens is 2. The molecule has 3 aromatic rings. The Labute approximate surface area is 142 Å². The van der Waals surface area contributed by atoms with E-state index in [4.69, 9.17) is 13.9 Å². The number of ether oxygens (including phenoxy) is 2. The van der Waals surface area contributed by atoms with Gasteiger partial charge in [0.25, 0.3) is 11.1 Å². The van der Waals surface area contributed by atoms with E-state index in [1.807, 2.05) is 42.6 Å². The van der Waals surface area contributed by atoms with Crippen LogP contribution in [-0.2, 0) is 0 Å². The number of methoxy groups -OCH3 is 1. The van der Waals surface area contributed by atoms with Crippen LogP contribution in [0.4, 0.5) is 0 Å². The van der Waals surface area contributed by atoms with E-state index in [0.29, 0.717) is 23.5 Å². The fourth-order valence-corrected chi connectivity index (χ4v) is 3.16. The predicted octanol–water partition coefficient (Wildman–Crippen LogP) is 4.29. The number of rotatable bonds is 7. The minimum absolute atomic E-state index is 0.529. The van der Waals surface area contributed by atoms with E-state index in [-0.39, 0.29) is 0 Å². The van der Waals surface area contributed by atoms with Crippen LogP contribution in [-0.4, -0.2) is 29.7 Å². The van der Waals surface area contributed by atoms with E-state index in [0.717, 1.165) is 21.9 Å². The Balaban J connectivity index is 1.50. The zero-order chi connectivity index (χ0) is 16.1. The molecule has 0 amide bonds. The second-order valence-electron chi connectivity index (χ2n) is 4.70. The van der Waals surface area contributed by atoms with E-state index < -0.39 is 0 Å². The zero-order valence-electron chi connectivity index (χ0n) is 12.8. The van der Waals surface area contributed by atoms with Gasteiger partial charge in [0.05, 0.1) is 18.6 Å². The summed E-state index contributed by atoms with van der Waals surface area (Å²) in [5.74, 6) is 2.75. The van der Waals surface area contributed by atoms with Crippen LogP contribution in [0.25, 0.3) is 10.8 Å². The quantitative estimate of drug-likeness (QED) is 0.469. The van der Waals surface area contributed by atoms with Crippen molar-refractivity contribution in [3.05, 3.63) is 41.3 Å². The number of nitrogens with zero attached hydrogens (tertiary/aromatic N) is 2. The number of hydrogen-bond donors (Lipinski definition) is 0. The van der Waals surface area contributed by atoms with Gasteiger partial charge >= 0.3 is 0 Å². The first kappa shape index (κ1) is 15.9. The van der Waals surface area contributed by atoms with Crippen LogP contribution in [0.3, 0.4) is 0 Å². The Kier molecular flexibility index (Phi) is 5.19. The number of thioether (sulfide) groups is 1. The number of hydrogen-bond acceptors (Lipinski definition) is 7. The second-order valence-corrected chi connectivity index (χ2v) is 6.70. The predicted molar refractivity (Wildman–Crippen MR) is 91.6 cm³/mol. The van der Waals surface area contributed by atoms with Crippen molar-refractivity contribution in [2.75, 3.05) is 19.5 Å². The standard InChI is InChI=1S/C16H16N2O3S2/c1-11-5-6-12(13(10-11)19-2)20-7-9-23-16-18-17-15(21-16)14-4-3-8-22-14/h3-6,8,10H,7,9H2,1-2H3. The van der Waals surface area contributed by atoms with E-state index in [1.165, 1.54) is 11.8 Å². The highest BCUT2D eigenvalue weighted by Crippen LogP contribution is 2.29. The molecule has 0 aliphatic carbocycles. The summed E-state index contributed by atoms with van der Waals surface area (Å²) in [6.07, 6.45) is 0. The average Bonchev–Trinajstić information content (AvgIpc) is 3.23. The van der Waals surface area contributed by atoms with Crippen LogP contribution < -0.4 is 9.47 Å². The summed E-state index contributed by atoms with van der Waals surface area (Å²) in [5, 5.41) is 10.6. The average molecular weight is 348 g/mol. The van der Waals surface area contributed by atoms with Crippen LogP contribution in [0.2, 0.25) is 0 Å². The van der Waals surface area contributed by atoms with Crippen molar-refractivity contribution in [1.29, 1.82) is 0 Å². The van der Waals surface area contributed by atoms with Crippen LogP contribution in [0.15, 0.2) is 45.4 Å². The molecule has 0 saturated carbocycles. The Bertz CT molecular complexity index is 757. The lowest BCUT2D eigenvalue weighted by molar-refractivity contribution is 0.313. The minimum atomic E-state index is 0.529. The Hall–Kier alpha value is -1.99. The summed E-state index contributed by atoms with van der Waals surface area (Å²) < 4.78 is 16.7. The van der Waals surface area contributed by atoms with Gasteiger partial charge in [-0.05, 0) is 36.1 Å². The number of aryl methyl sites for hydroxylation is 1. The lowest BCUT2D eigenvalue weighted by Gasteiger charge is -2.10. The van der Waals surface area contributed by atoms with Crippen LogP contribution in [0, 0.1) is 6.92 Å². The van der Waals surface area contributed by atoms with Crippen molar-refractivity contribution in [1.82, 2.24) is 10.2 Å². The summed E-state index contributed by atoms with van der Waals surface area (Å²) in [4.78, 5) is 0.977. The maximum Gasteiger partial charge on any atom is 0.277 e. The Morgan fingerprint density at radius 1 is 1.22 bits per heavy atom. The van der Waals surface area contributed by atoms with E-state index in [2.05, 4.69) is 10.2 Å². The fourth-order valence-electron chi connectivity index (χ4n) is 1.94. The summed E-state index contributed by atoms with van der Waals surface area (Å²) in [7, 11) is 1.64. The molecule has 0 aliphatic rings. The lowest BCUT2D eigenvalue weighted by Crippen LogP contribution is -2.01. The van der Waals surface area contributed by atoms with Gasteiger partial charge in [-0.2, -0.15) is 0 Å². The van der Waals surface area contributed by atoms with Gasteiger partial charge in [0.1, 0.15) is 0 Å². The van der Waals surface area contributed by atoms with Crippen molar-refractivity contribution >= 4 is 23.1 Å².